The van der Waals surface area contributed by atoms with Crippen LogP contribution >= 0.6 is 0 Å². The van der Waals surface area contributed by atoms with Crippen molar-refractivity contribution in [3.05, 3.63) is 0 Å². The lowest BCUT2D eigenvalue weighted by Gasteiger charge is -2.27. The Kier molecular flexibility index (Phi) is 4.78. The standard InChI is InChI=1S/C13H26N2O/c1-6-11-13(16)15(8-7-9(2)3)12(14-11)10(4)5/h9-12,14H,6-8H2,1-5H3. The van der Waals surface area contributed by atoms with Crippen LogP contribution in [-0.4, -0.2) is 29.6 Å². The average molecular weight is 226 g/mol. The molecule has 1 saturated heterocycles. The minimum absolute atomic E-state index is 0.0413. The molecule has 1 rings (SSSR count). The van der Waals surface area contributed by atoms with E-state index in [0.717, 1.165) is 19.4 Å². The molecule has 0 radical (unpaired) electrons. The van der Waals surface area contributed by atoms with Crippen LogP contribution < -0.4 is 5.32 Å². The van der Waals surface area contributed by atoms with Gasteiger partial charge in [-0.1, -0.05) is 34.6 Å². The van der Waals surface area contributed by atoms with Crippen LogP contribution in [0.1, 0.15) is 47.5 Å². The molecule has 2 atom stereocenters. The fraction of sp³-hybridized carbons (Fsp3) is 0.923. The van der Waals surface area contributed by atoms with Crippen molar-refractivity contribution < 1.29 is 4.79 Å². The Morgan fingerprint density at radius 1 is 1.31 bits per heavy atom. The van der Waals surface area contributed by atoms with Crippen LogP contribution in [-0.2, 0) is 4.79 Å². The molecule has 94 valence electrons. The first-order valence-corrected chi connectivity index (χ1v) is 6.53. The molecule has 0 aromatic heterocycles. The number of nitrogens with one attached hydrogen (secondary N) is 1. The molecular weight excluding hydrogens is 200 g/mol. The van der Waals surface area contributed by atoms with E-state index in [1.165, 1.54) is 0 Å². The van der Waals surface area contributed by atoms with Gasteiger partial charge in [-0.3, -0.25) is 10.1 Å². The van der Waals surface area contributed by atoms with E-state index in [1.807, 2.05) is 4.90 Å². The summed E-state index contributed by atoms with van der Waals surface area (Å²) in [5.41, 5.74) is 0. The van der Waals surface area contributed by atoms with Crippen molar-refractivity contribution in [2.75, 3.05) is 6.54 Å². The lowest BCUT2D eigenvalue weighted by atomic mass is 10.1. The van der Waals surface area contributed by atoms with E-state index < -0.39 is 0 Å². The molecule has 0 saturated carbocycles. The molecule has 1 heterocycles. The topological polar surface area (TPSA) is 32.3 Å². The molecule has 0 aromatic carbocycles. The number of hydrogen-bond acceptors (Lipinski definition) is 2. The highest BCUT2D eigenvalue weighted by atomic mass is 16.2. The molecule has 16 heavy (non-hydrogen) atoms. The van der Waals surface area contributed by atoms with Gasteiger partial charge in [-0.2, -0.15) is 0 Å². The second-order valence-corrected chi connectivity index (χ2v) is 5.53. The third kappa shape index (κ3) is 2.97. The van der Waals surface area contributed by atoms with E-state index in [-0.39, 0.29) is 12.2 Å². The van der Waals surface area contributed by atoms with Crippen LogP contribution in [0.2, 0.25) is 0 Å². The van der Waals surface area contributed by atoms with E-state index >= 15 is 0 Å². The molecule has 1 N–H and O–H groups in total. The quantitative estimate of drug-likeness (QED) is 0.779. The maximum absolute atomic E-state index is 12.1. The highest BCUT2D eigenvalue weighted by molar-refractivity contribution is 5.84. The van der Waals surface area contributed by atoms with Crippen LogP contribution in [0.3, 0.4) is 0 Å². The van der Waals surface area contributed by atoms with Crippen LogP contribution in [0.5, 0.6) is 0 Å². The number of amides is 1. The molecule has 0 aliphatic carbocycles. The molecular formula is C13H26N2O. The summed E-state index contributed by atoms with van der Waals surface area (Å²) in [5.74, 6) is 1.43. The van der Waals surface area contributed by atoms with Gasteiger partial charge >= 0.3 is 0 Å². The Morgan fingerprint density at radius 3 is 2.38 bits per heavy atom. The minimum atomic E-state index is 0.0413. The molecule has 3 nitrogen and oxygen atoms in total. The third-order valence-corrected chi connectivity index (χ3v) is 3.28. The maximum atomic E-state index is 12.1. The van der Waals surface area contributed by atoms with Gasteiger partial charge in [0.1, 0.15) is 0 Å². The molecule has 3 heteroatoms. The van der Waals surface area contributed by atoms with Gasteiger partial charge in [0.25, 0.3) is 0 Å². The normalized spacial score (nSPS) is 26.2. The number of rotatable bonds is 5. The summed E-state index contributed by atoms with van der Waals surface area (Å²) in [7, 11) is 0. The molecule has 1 aliphatic heterocycles. The van der Waals surface area contributed by atoms with E-state index in [2.05, 4.69) is 39.9 Å². The first kappa shape index (κ1) is 13.5. The van der Waals surface area contributed by atoms with Gasteiger partial charge in [0.2, 0.25) is 5.91 Å². The number of carbonyl (C=O) groups excluding carboxylic acids is 1. The predicted molar refractivity (Wildman–Crippen MR) is 67.0 cm³/mol. The monoisotopic (exact) mass is 226 g/mol. The van der Waals surface area contributed by atoms with Gasteiger partial charge in [-0.25, -0.2) is 0 Å². The summed E-state index contributed by atoms with van der Waals surface area (Å²) < 4.78 is 0. The largest absolute Gasteiger partial charge is 0.326 e. The van der Waals surface area contributed by atoms with Gasteiger partial charge < -0.3 is 4.90 Å². The van der Waals surface area contributed by atoms with E-state index in [9.17, 15) is 4.79 Å². The van der Waals surface area contributed by atoms with Crippen LogP contribution in [0.25, 0.3) is 0 Å². The van der Waals surface area contributed by atoms with Crippen LogP contribution in [0.15, 0.2) is 0 Å². The van der Waals surface area contributed by atoms with Gasteiger partial charge in [0.15, 0.2) is 0 Å². The maximum Gasteiger partial charge on any atom is 0.241 e. The van der Waals surface area contributed by atoms with Gasteiger partial charge in [-0.15, -0.1) is 0 Å². The summed E-state index contributed by atoms with van der Waals surface area (Å²) in [5, 5.41) is 3.44. The fourth-order valence-corrected chi connectivity index (χ4v) is 2.20. The Hall–Kier alpha value is -0.570. The lowest BCUT2D eigenvalue weighted by molar-refractivity contribution is -0.130. The lowest BCUT2D eigenvalue weighted by Crippen LogP contribution is -2.42. The van der Waals surface area contributed by atoms with Crippen LogP contribution in [0, 0.1) is 11.8 Å². The zero-order valence-electron chi connectivity index (χ0n) is 11.3. The highest BCUT2D eigenvalue weighted by Crippen LogP contribution is 2.20. The molecule has 1 amide bonds. The van der Waals surface area contributed by atoms with Gasteiger partial charge in [0, 0.05) is 6.54 Å². The predicted octanol–water partition coefficient (Wildman–Crippen LogP) is 2.22. The molecule has 2 unspecified atom stereocenters. The van der Waals surface area contributed by atoms with E-state index in [0.29, 0.717) is 17.7 Å². The van der Waals surface area contributed by atoms with Crippen molar-refractivity contribution in [3.63, 3.8) is 0 Å². The number of carbonyl (C=O) groups is 1. The van der Waals surface area contributed by atoms with Crippen LogP contribution in [0.4, 0.5) is 0 Å². The molecule has 1 aliphatic rings. The molecule has 0 spiro atoms. The smallest absolute Gasteiger partial charge is 0.241 e. The zero-order valence-corrected chi connectivity index (χ0v) is 11.3. The SMILES string of the molecule is CCC1NC(C(C)C)N(CCC(C)C)C1=O. The summed E-state index contributed by atoms with van der Waals surface area (Å²) in [6.07, 6.45) is 2.21. The second kappa shape index (κ2) is 5.67. The van der Waals surface area contributed by atoms with Gasteiger partial charge in [-0.05, 0) is 24.7 Å². The average Bonchev–Trinajstić information content (AvgIpc) is 2.52. The summed E-state index contributed by atoms with van der Waals surface area (Å²) >= 11 is 0. The van der Waals surface area contributed by atoms with Gasteiger partial charge in [0.05, 0.1) is 12.2 Å². The molecule has 0 aromatic rings. The first-order valence-electron chi connectivity index (χ1n) is 6.53. The van der Waals surface area contributed by atoms with E-state index in [4.69, 9.17) is 0 Å². The second-order valence-electron chi connectivity index (χ2n) is 5.53. The highest BCUT2D eigenvalue weighted by Gasteiger charge is 2.38. The number of nitrogens with zero attached hydrogens (tertiary/aromatic N) is 1. The van der Waals surface area contributed by atoms with Crippen molar-refractivity contribution >= 4 is 5.91 Å². The molecule has 0 bridgehead atoms. The van der Waals surface area contributed by atoms with Crippen molar-refractivity contribution in [1.82, 2.24) is 10.2 Å². The minimum Gasteiger partial charge on any atom is -0.326 e. The first-order chi connectivity index (χ1) is 7.47. The summed E-state index contributed by atoms with van der Waals surface area (Å²) in [6, 6.07) is 0.0413. The van der Waals surface area contributed by atoms with Crippen molar-refractivity contribution in [2.45, 2.75) is 59.7 Å². The van der Waals surface area contributed by atoms with E-state index in [1.54, 1.807) is 0 Å². The Balaban J connectivity index is 2.65. The Bertz CT molecular complexity index is 238. The fourth-order valence-electron chi connectivity index (χ4n) is 2.20. The van der Waals surface area contributed by atoms with Crippen molar-refractivity contribution in [1.29, 1.82) is 0 Å². The third-order valence-electron chi connectivity index (χ3n) is 3.28. The number of hydrogen-bond donors (Lipinski definition) is 1. The Labute approximate surface area is 99.6 Å². The molecule has 1 fully saturated rings. The van der Waals surface area contributed by atoms with Crippen molar-refractivity contribution in [3.8, 4) is 0 Å². The Morgan fingerprint density at radius 2 is 1.94 bits per heavy atom. The summed E-state index contributed by atoms with van der Waals surface area (Å²) in [4.78, 5) is 14.2. The van der Waals surface area contributed by atoms with Crippen molar-refractivity contribution in [2.24, 2.45) is 11.8 Å². The zero-order chi connectivity index (χ0) is 12.3. The summed E-state index contributed by atoms with van der Waals surface area (Å²) in [6.45, 7) is 11.7.